The van der Waals surface area contributed by atoms with Crippen molar-refractivity contribution in [3.8, 4) is 6.07 Å². The third kappa shape index (κ3) is 4.04. The lowest BCUT2D eigenvalue weighted by molar-refractivity contribution is -0.140. The highest BCUT2D eigenvalue weighted by Gasteiger charge is 2.56. The summed E-state index contributed by atoms with van der Waals surface area (Å²) in [5.74, 6) is -2.17. The van der Waals surface area contributed by atoms with Crippen LogP contribution in [0.5, 0.6) is 0 Å². The monoisotopic (exact) mass is 464 g/mol. The van der Waals surface area contributed by atoms with Gasteiger partial charge < -0.3 is 15.5 Å². The van der Waals surface area contributed by atoms with E-state index in [0.717, 1.165) is 11.1 Å². The van der Waals surface area contributed by atoms with Crippen LogP contribution in [0.15, 0.2) is 84.9 Å². The topological polar surface area (TPSA) is 102 Å². The number of para-hydroxylation sites is 2. The average Bonchev–Trinajstić information content (AvgIpc) is 3.41. The Morgan fingerprint density at radius 1 is 1.03 bits per heavy atom. The molecule has 2 heterocycles. The Hall–Kier alpha value is -4.44. The molecule has 2 N–H and O–H groups in total. The smallest absolute Gasteiger partial charge is 0.237 e. The van der Waals surface area contributed by atoms with Crippen LogP contribution < -0.4 is 10.6 Å². The van der Waals surface area contributed by atoms with Gasteiger partial charge in [-0.2, -0.15) is 5.26 Å². The first kappa shape index (κ1) is 22.4. The number of anilines is 2. The molecule has 0 aliphatic carbocycles. The summed E-state index contributed by atoms with van der Waals surface area (Å²) in [6.45, 7) is 0.0524. The van der Waals surface area contributed by atoms with Crippen LogP contribution in [-0.4, -0.2) is 35.2 Å². The van der Waals surface area contributed by atoms with Crippen molar-refractivity contribution in [2.24, 2.45) is 5.92 Å². The molecule has 35 heavy (non-hydrogen) atoms. The van der Waals surface area contributed by atoms with Gasteiger partial charge in [0.1, 0.15) is 12.0 Å². The molecule has 3 aromatic carbocycles. The van der Waals surface area contributed by atoms with Crippen LogP contribution in [0.1, 0.15) is 17.5 Å². The Kier molecular flexibility index (Phi) is 5.79. The van der Waals surface area contributed by atoms with Crippen molar-refractivity contribution >= 4 is 29.1 Å². The maximum atomic E-state index is 13.9. The van der Waals surface area contributed by atoms with Crippen molar-refractivity contribution in [3.05, 3.63) is 96.1 Å². The SMILES string of the molecule is N#C[C@@H]1C[C@@]2(CN1C(=O)C(Cc1ccccc1)C(=O)Nc1ccccc1)C(=O)Nc1ccccc12. The standard InChI is InChI=1S/C28H24N4O3/c29-17-21-16-28(23-13-7-8-14-24(23)31-27(28)35)18-32(21)26(34)22(15-19-9-3-1-4-10-19)25(33)30-20-11-5-2-6-12-20/h1-14,21-22H,15-16,18H2,(H,30,33)(H,31,35)/t21-,22?,28-/m0/s1. The third-order valence-corrected chi connectivity index (χ3v) is 6.85. The highest BCUT2D eigenvalue weighted by molar-refractivity contribution is 6.09. The Balaban J connectivity index is 1.47. The molecule has 2 aliphatic heterocycles. The number of carbonyl (C=O) groups excluding carboxylic acids is 3. The number of nitrogens with zero attached hydrogens (tertiary/aromatic N) is 2. The number of rotatable bonds is 5. The number of fused-ring (bicyclic) bond motifs is 2. The van der Waals surface area contributed by atoms with Crippen LogP contribution in [0.25, 0.3) is 0 Å². The van der Waals surface area contributed by atoms with Gasteiger partial charge in [0.2, 0.25) is 17.7 Å². The quantitative estimate of drug-likeness (QED) is 0.564. The number of hydrogen-bond acceptors (Lipinski definition) is 4. The lowest BCUT2D eigenvalue weighted by atomic mass is 9.80. The first-order chi connectivity index (χ1) is 17.0. The molecule has 3 atom stereocenters. The number of nitrogens with one attached hydrogen (secondary N) is 2. The summed E-state index contributed by atoms with van der Waals surface area (Å²) in [4.78, 5) is 41.8. The summed E-state index contributed by atoms with van der Waals surface area (Å²) in [6, 6.07) is 27.0. The summed E-state index contributed by atoms with van der Waals surface area (Å²) in [5.41, 5.74) is 1.91. The molecule has 3 aromatic rings. The largest absolute Gasteiger partial charge is 0.325 e. The van der Waals surface area contributed by atoms with Crippen LogP contribution in [0, 0.1) is 17.2 Å². The molecule has 7 nitrogen and oxygen atoms in total. The number of carbonyl (C=O) groups is 3. The Morgan fingerprint density at radius 2 is 1.69 bits per heavy atom. The molecule has 5 rings (SSSR count). The van der Waals surface area contributed by atoms with Gasteiger partial charge in [-0.1, -0.05) is 66.7 Å². The molecule has 1 fully saturated rings. The van der Waals surface area contributed by atoms with Gasteiger partial charge in [0.15, 0.2) is 0 Å². The Bertz CT molecular complexity index is 1320. The third-order valence-electron chi connectivity index (χ3n) is 6.85. The molecule has 0 saturated carbocycles. The fourth-order valence-electron chi connectivity index (χ4n) is 5.08. The molecule has 0 bridgehead atoms. The van der Waals surface area contributed by atoms with Crippen molar-refractivity contribution in [2.75, 3.05) is 17.2 Å². The van der Waals surface area contributed by atoms with Crippen molar-refractivity contribution in [1.29, 1.82) is 5.26 Å². The van der Waals surface area contributed by atoms with Crippen LogP contribution in [-0.2, 0) is 26.2 Å². The maximum absolute atomic E-state index is 13.9. The van der Waals surface area contributed by atoms with Gasteiger partial charge >= 0.3 is 0 Å². The molecule has 0 aromatic heterocycles. The summed E-state index contributed by atoms with van der Waals surface area (Å²) in [5, 5.41) is 15.7. The number of hydrogen-bond donors (Lipinski definition) is 2. The van der Waals surface area contributed by atoms with Gasteiger partial charge in [0.05, 0.1) is 11.5 Å². The molecule has 174 valence electrons. The molecule has 0 radical (unpaired) electrons. The molecular formula is C28H24N4O3. The van der Waals surface area contributed by atoms with E-state index in [4.69, 9.17) is 0 Å². The van der Waals surface area contributed by atoms with Gasteiger partial charge in [-0.05, 0) is 35.7 Å². The molecular weight excluding hydrogens is 440 g/mol. The fraction of sp³-hybridized carbons (Fsp3) is 0.214. The van der Waals surface area contributed by atoms with Gasteiger partial charge in [0, 0.05) is 24.3 Å². The van der Waals surface area contributed by atoms with E-state index in [1.54, 1.807) is 24.3 Å². The Labute approximate surface area is 203 Å². The van der Waals surface area contributed by atoms with Crippen molar-refractivity contribution in [3.63, 3.8) is 0 Å². The minimum absolute atomic E-state index is 0.0524. The molecule has 1 saturated heterocycles. The number of likely N-dealkylation sites (tertiary alicyclic amines) is 1. The van der Waals surface area contributed by atoms with E-state index in [-0.39, 0.29) is 25.3 Å². The minimum Gasteiger partial charge on any atom is -0.325 e. The molecule has 3 amide bonds. The fourth-order valence-corrected chi connectivity index (χ4v) is 5.08. The average molecular weight is 465 g/mol. The summed E-state index contributed by atoms with van der Waals surface area (Å²) in [7, 11) is 0. The van der Waals surface area contributed by atoms with Gasteiger partial charge in [-0.15, -0.1) is 0 Å². The highest BCUT2D eigenvalue weighted by Crippen LogP contribution is 2.46. The molecule has 2 aliphatic rings. The molecule has 1 spiro atoms. The van der Waals surface area contributed by atoms with Gasteiger partial charge in [-0.25, -0.2) is 0 Å². The van der Waals surface area contributed by atoms with Crippen LogP contribution in [0.2, 0.25) is 0 Å². The first-order valence-corrected chi connectivity index (χ1v) is 11.5. The lowest BCUT2D eigenvalue weighted by Crippen LogP contribution is -2.46. The maximum Gasteiger partial charge on any atom is 0.237 e. The van der Waals surface area contributed by atoms with E-state index >= 15 is 0 Å². The second-order valence-corrected chi connectivity index (χ2v) is 8.99. The zero-order chi connectivity index (χ0) is 24.4. The van der Waals surface area contributed by atoms with E-state index in [1.807, 2.05) is 60.7 Å². The summed E-state index contributed by atoms with van der Waals surface area (Å²) >= 11 is 0. The van der Waals surface area contributed by atoms with Gasteiger partial charge in [0.25, 0.3) is 0 Å². The molecule has 7 heteroatoms. The summed E-state index contributed by atoms with van der Waals surface area (Å²) < 4.78 is 0. The van der Waals surface area contributed by atoms with E-state index in [2.05, 4.69) is 16.7 Å². The zero-order valence-corrected chi connectivity index (χ0v) is 19.0. The van der Waals surface area contributed by atoms with E-state index in [9.17, 15) is 19.6 Å². The van der Waals surface area contributed by atoms with Crippen molar-refractivity contribution in [1.82, 2.24) is 4.90 Å². The summed E-state index contributed by atoms with van der Waals surface area (Å²) in [6.07, 6.45) is 0.374. The highest BCUT2D eigenvalue weighted by atomic mass is 16.2. The number of benzene rings is 3. The number of amides is 3. The predicted octanol–water partition coefficient (Wildman–Crippen LogP) is 3.50. The van der Waals surface area contributed by atoms with Crippen LogP contribution >= 0.6 is 0 Å². The predicted molar refractivity (Wildman–Crippen MR) is 131 cm³/mol. The van der Waals surface area contributed by atoms with E-state index < -0.39 is 29.2 Å². The van der Waals surface area contributed by atoms with Crippen molar-refractivity contribution < 1.29 is 14.4 Å². The van der Waals surface area contributed by atoms with E-state index in [1.165, 1.54) is 4.90 Å². The Morgan fingerprint density at radius 3 is 2.40 bits per heavy atom. The van der Waals surface area contributed by atoms with Crippen LogP contribution in [0.3, 0.4) is 0 Å². The minimum atomic E-state index is -1.05. The first-order valence-electron chi connectivity index (χ1n) is 11.5. The molecule has 1 unspecified atom stereocenters. The van der Waals surface area contributed by atoms with Crippen molar-refractivity contribution in [2.45, 2.75) is 24.3 Å². The second kappa shape index (κ2) is 9.07. The normalized spacial score (nSPS) is 21.2. The zero-order valence-electron chi connectivity index (χ0n) is 19.0. The van der Waals surface area contributed by atoms with Gasteiger partial charge in [-0.3, -0.25) is 14.4 Å². The lowest BCUT2D eigenvalue weighted by Gasteiger charge is -2.26. The van der Waals surface area contributed by atoms with Crippen LogP contribution in [0.4, 0.5) is 11.4 Å². The van der Waals surface area contributed by atoms with E-state index in [0.29, 0.717) is 11.4 Å². The second-order valence-electron chi connectivity index (χ2n) is 8.99. The number of nitriles is 1.